The fourth-order valence-corrected chi connectivity index (χ4v) is 2.76. The van der Waals surface area contributed by atoms with Gasteiger partial charge in [-0.3, -0.25) is 15.0 Å². The molecule has 0 aromatic heterocycles. The Bertz CT molecular complexity index is 586. The van der Waals surface area contributed by atoms with Crippen LogP contribution in [0.3, 0.4) is 0 Å². The van der Waals surface area contributed by atoms with E-state index >= 15 is 0 Å². The summed E-state index contributed by atoms with van der Waals surface area (Å²) in [7, 11) is 1.66. The highest BCUT2D eigenvalue weighted by Gasteiger charge is 2.12. The average Bonchev–Trinajstić information content (AvgIpc) is 2.62. The van der Waals surface area contributed by atoms with Crippen molar-refractivity contribution in [2.45, 2.75) is 46.3 Å². The number of nitro benzene ring substituents is 1. The lowest BCUT2D eigenvalue weighted by Gasteiger charge is -2.30. The van der Waals surface area contributed by atoms with Crippen molar-refractivity contribution in [2.24, 2.45) is 4.99 Å². The molecule has 0 radical (unpaired) electrons. The van der Waals surface area contributed by atoms with Gasteiger partial charge in [-0.2, -0.15) is 0 Å². The molecule has 28 heavy (non-hydrogen) atoms. The molecule has 0 aliphatic carbocycles. The van der Waals surface area contributed by atoms with Gasteiger partial charge >= 0.3 is 0 Å². The minimum absolute atomic E-state index is 0. The van der Waals surface area contributed by atoms with Gasteiger partial charge in [-0.1, -0.05) is 12.1 Å². The number of hydrogen-bond donors (Lipinski definition) is 2. The summed E-state index contributed by atoms with van der Waals surface area (Å²) in [5.41, 5.74) is 1.00. The molecule has 0 aliphatic heterocycles. The zero-order valence-corrected chi connectivity index (χ0v) is 19.8. The van der Waals surface area contributed by atoms with Gasteiger partial charge in [0.25, 0.3) is 5.69 Å². The number of methoxy groups -OCH3 is 1. The lowest BCUT2D eigenvalue weighted by Crippen LogP contribution is -2.45. The van der Waals surface area contributed by atoms with E-state index in [1.807, 2.05) is 0 Å². The molecule has 8 nitrogen and oxygen atoms in total. The van der Waals surface area contributed by atoms with Crippen LogP contribution in [-0.2, 0) is 11.3 Å². The Hall–Kier alpha value is -1.46. The van der Waals surface area contributed by atoms with E-state index < -0.39 is 4.92 Å². The number of halogens is 1. The van der Waals surface area contributed by atoms with Crippen LogP contribution in [0.15, 0.2) is 29.3 Å². The second-order valence-electron chi connectivity index (χ2n) is 6.86. The summed E-state index contributed by atoms with van der Waals surface area (Å²) in [6, 6.07) is 7.42. The average molecular weight is 507 g/mol. The minimum atomic E-state index is -0.401. The number of ether oxygens (including phenoxy) is 1. The van der Waals surface area contributed by atoms with Crippen molar-refractivity contribution in [3.8, 4) is 0 Å². The highest BCUT2D eigenvalue weighted by Crippen LogP contribution is 2.12. The highest BCUT2D eigenvalue weighted by molar-refractivity contribution is 14.0. The summed E-state index contributed by atoms with van der Waals surface area (Å²) in [5, 5.41) is 17.3. The summed E-state index contributed by atoms with van der Waals surface area (Å²) in [5.74, 6) is 0.706. The van der Waals surface area contributed by atoms with Gasteiger partial charge in [0, 0.05) is 51.0 Å². The number of rotatable bonds is 11. The monoisotopic (exact) mass is 507 g/mol. The first-order valence-electron chi connectivity index (χ1n) is 9.35. The zero-order chi connectivity index (χ0) is 20.2. The van der Waals surface area contributed by atoms with E-state index in [-0.39, 0.29) is 29.7 Å². The first-order chi connectivity index (χ1) is 12.8. The SMILES string of the molecule is COCCNC(=NCc1ccc([N+](=O)[O-])cc1)NCCN(C(C)C)C(C)C.I. The molecule has 1 aromatic carbocycles. The van der Waals surface area contributed by atoms with Gasteiger partial charge in [0.05, 0.1) is 18.1 Å². The topological polar surface area (TPSA) is 92.0 Å². The van der Waals surface area contributed by atoms with E-state index in [1.165, 1.54) is 12.1 Å². The molecule has 1 rings (SSSR count). The third-order valence-electron chi connectivity index (χ3n) is 4.15. The Kier molecular flexibility index (Phi) is 13.8. The van der Waals surface area contributed by atoms with E-state index in [2.05, 4.69) is 48.2 Å². The van der Waals surface area contributed by atoms with Crippen LogP contribution >= 0.6 is 24.0 Å². The van der Waals surface area contributed by atoms with Crippen molar-refractivity contribution in [1.29, 1.82) is 0 Å². The predicted octanol–water partition coefficient (Wildman–Crippen LogP) is 3.01. The molecule has 0 saturated carbocycles. The summed E-state index contributed by atoms with van der Waals surface area (Å²) < 4.78 is 5.08. The van der Waals surface area contributed by atoms with E-state index in [0.717, 1.165) is 18.7 Å². The van der Waals surface area contributed by atoms with Crippen LogP contribution < -0.4 is 10.6 Å². The molecule has 0 unspecified atom stereocenters. The quantitative estimate of drug-likeness (QED) is 0.120. The largest absolute Gasteiger partial charge is 0.383 e. The molecule has 9 heteroatoms. The van der Waals surface area contributed by atoms with Gasteiger partial charge in [-0.05, 0) is 33.3 Å². The number of nitrogens with zero attached hydrogens (tertiary/aromatic N) is 3. The number of benzene rings is 1. The fourth-order valence-electron chi connectivity index (χ4n) is 2.76. The molecule has 0 heterocycles. The maximum Gasteiger partial charge on any atom is 0.269 e. The zero-order valence-electron chi connectivity index (χ0n) is 17.5. The van der Waals surface area contributed by atoms with Gasteiger partial charge in [0.15, 0.2) is 5.96 Å². The number of nitrogens with one attached hydrogen (secondary N) is 2. The van der Waals surface area contributed by atoms with Crippen LogP contribution in [-0.4, -0.2) is 61.2 Å². The maximum atomic E-state index is 10.7. The minimum Gasteiger partial charge on any atom is -0.383 e. The van der Waals surface area contributed by atoms with Crippen molar-refractivity contribution in [1.82, 2.24) is 15.5 Å². The standard InChI is InChI=1S/C19H33N5O3.HI/c1-15(2)23(16(3)4)12-10-20-19(21-11-13-27-5)22-14-17-6-8-18(9-7-17)24(25)26;/h6-9,15-16H,10-14H2,1-5H3,(H2,20,21,22);1H. The molecule has 0 amide bonds. The number of aliphatic imine (C=N–C) groups is 1. The van der Waals surface area contributed by atoms with Crippen LogP contribution in [0.25, 0.3) is 0 Å². The summed E-state index contributed by atoms with van der Waals surface area (Å²) in [6.07, 6.45) is 0. The van der Waals surface area contributed by atoms with Gasteiger partial charge < -0.3 is 15.4 Å². The molecule has 1 aromatic rings. The smallest absolute Gasteiger partial charge is 0.269 e. The van der Waals surface area contributed by atoms with Gasteiger partial charge in [0.1, 0.15) is 0 Å². The van der Waals surface area contributed by atoms with E-state index in [0.29, 0.717) is 37.7 Å². The van der Waals surface area contributed by atoms with Crippen molar-refractivity contribution in [3.63, 3.8) is 0 Å². The summed E-state index contributed by atoms with van der Waals surface area (Å²) >= 11 is 0. The van der Waals surface area contributed by atoms with Crippen LogP contribution in [0.5, 0.6) is 0 Å². The van der Waals surface area contributed by atoms with Gasteiger partial charge in [0.2, 0.25) is 0 Å². The van der Waals surface area contributed by atoms with Crippen molar-refractivity contribution in [3.05, 3.63) is 39.9 Å². The Morgan fingerprint density at radius 1 is 1.14 bits per heavy atom. The molecule has 0 atom stereocenters. The Morgan fingerprint density at radius 2 is 1.71 bits per heavy atom. The number of hydrogen-bond acceptors (Lipinski definition) is 5. The molecule has 0 spiro atoms. The third-order valence-corrected chi connectivity index (χ3v) is 4.15. The molecular formula is C19H34IN5O3. The summed E-state index contributed by atoms with van der Waals surface area (Å²) in [6.45, 7) is 12.1. The van der Waals surface area contributed by atoms with Crippen molar-refractivity contribution in [2.75, 3.05) is 33.4 Å². The Labute approximate surface area is 185 Å². The molecule has 0 bridgehead atoms. The third kappa shape index (κ3) is 10.2. The molecule has 0 saturated heterocycles. The second-order valence-corrected chi connectivity index (χ2v) is 6.86. The van der Waals surface area contributed by atoms with Gasteiger partial charge in [-0.15, -0.1) is 24.0 Å². The lowest BCUT2D eigenvalue weighted by atomic mass is 10.2. The van der Waals surface area contributed by atoms with Crippen LogP contribution in [0.1, 0.15) is 33.3 Å². The Morgan fingerprint density at radius 3 is 2.21 bits per heavy atom. The van der Waals surface area contributed by atoms with Crippen LogP contribution in [0, 0.1) is 10.1 Å². The highest BCUT2D eigenvalue weighted by atomic mass is 127. The van der Waals surface area contributed by atoms with Crippen molar-refractivity contribution < 1.29 is 9.66 Å². The molecule has 0 fully saturated rings. The molecule has 160 valence electrons. The molecule has 0 aliphatic rings. The Balaban J connectivity index is 0.00000729. The molecular weight excluding hydrogens is 473 g/mol. The van der Waals surface area contributed by atoms with Crippen molar-refractivity contribution >= 4 is 35.6 Å². The van der Waals surface area contributed by atoms with Crippen LogP contribution in [0.2, 0.25) is 0 Å². The van der Waals surface area contributed by atoms with E-state index in [4.69, 9.17) is 4.74 Å². The van der Waals surface area contributed by atoms with Gasteiger partial charge in [-0.25, -0.2) is 4.99 Å². The number of nitro groups is 1. The maximum absolute atomic E-state index is 10.7. The number of non-ortho nitro benzene ring substituents is 1. The fraction of sp³-hybridized carbons (Fsp3) is 0.632. The first-order valence-corrected chi connectivity index (χ1v) is 9.35. The first kappa shape index (κ1) is 26.5. The van der Waals surface area contributed by atoms with E-state index in [1.54, 1.807) is 19.2 Å². The number of guanidine groups is 1. The molecule has 2 N–H and O–H groups in total. The normalized spacial score (nSPS) is 11.6. The second kappa shape index (κ2) is 14.5. The van der Waals surface area contributed by atoms with E-state index in [9.17, 15) is 10.1 Å². The van der Waals surface area contributed by atoms with Crippen LogP contribution in [0.4, 0.5) is 5.69 Å². The summed E-state index contributed by atoms with van der Waals surface area (Å²) in [4.78, 5) is 17.3. The predicted molar refractivity (Wildman–Crippen MR) is 125 cm³/mol. The lowest BCUT2D eigenvalue weighted by molar-refractivity contribution is -0.384.